The summed E-state index contributed by atoms with van der Waals surface area (Å²) in [6.45, 7) is -0.553. The molecule has 1 atom stereocenters. The Kier molecular flexibility index (Phi) is 3.45. The Labute approximate surface area is 125 Å². The van der Waals surface area contributed by atoms with E-state index in [0.717, 1.165) is 0 Å². The Morgan fingerprint density at radius 1 is 0.909 bits per heavy atom. The van der Waals surface area contributed by atoms with Gasteiger partial charge in [0.15, 0.2) is 0 Å². The molecule has 22 heavy (non-hydrogen) atoms. The number of aromatic nitrogens is 1. The van der Waals surface area contributed by atoms with E-state index in [1.807, 2.05) is 0 Å². The normalized spacial score (nSPS) is 14.9. The second kappa shape index (κ2) is 5.18. The summed E-state index contributed by atoms with van der Waals surface area (Å²) < 4.78 is 42.2. The summed E-state index contributed by atoms with van der Waals surface area (Å²) in [5, 5.41) is 0.536. The highest BCUT2D eigenvalue weighted by Gasteiger charge is 2.57. The highest BCUT2D eigenvalue weighted by Crippen LogP contribution is 2.47. The Balaban J connectivity index is 2.36. The summed E-state index contributed by atoms with van der Waals surface area (Å²) in [5.74, 6) is 0. The molecule has 0 unspecified atom stereocenters. The van der Waals surface area contributed by atoms with E-state index in [-0.39, 0.29) is 11.1 Å². The minimum atomic E-state index is -4.51. The average molecular weight is 304 g/mol. The fraction of sp³-hybridized carbons (Fsp3) is 0.176. The van der Waals surface area contributed by atoms with Crippen LogP contribution in [0.2, 0.25) is 0 Å². The van der Waals surface area contributed by atoms with E-state index in [4.69, 9.17) is 5.73 Å². The van der Waals surface area contributed by atoms with Crippen molar-refractivity contribution >= 4 is 10.9 Å². The molecule has 0 fully saturated rings. The average Bonchev–Trinajstić information content (AvgIpc) is 2.93. The third kappa shape index (κ3) is 2.01. The highest BCUT2D eigenvalue weighted by molar-refractivity contribution is 5.85. The zero-order valence-electron chi connectivity index (χ0n) is 11.7. The summed E-state index contributed by atoms with van der Waals surface area (Å²) in [5.41, 5.74) is 4.41. The second-order valence-electron chi connectivity index (χ2n) is 5.22. The molecule has 0 radical (unpaired) electrons. The van der Waals surface area contributed by atoms with Gasteiger partial charge in [0.25, 0.3) is 0 Å². The van der Waals surface area contributed by atoms with Gasteiger partial charge in [0, 0.05) is 23.6 Å². The lowest BCUT2D eigenvalue weighted by molar-refractivity contribution is -0.175. The summed E-state index contributed by atoms with van der Waals surface area (Å²) >= 11 is 0. The number of halogens is 3. The van der Waals surface area contributed by atoms with E-state index in [2.05, 4.69) is 4.98 Å². The van der Waals surface area contributed by atoms with E-state index in [9.17, 15) is 13.2 Å². The van der Waals surface area contributed by atoms with Crippen molar-refractivity contribution in [3.63, 3.8) is 0 Å². The molecule has 0 aliphatic carbocycles. The third-order valence-electron chi connectivity index (χ3n) is 4.11. The largest absolute Gasteiger partial charge is 0.403 e. The van der Waals surface area contributed by atoms with Gasteiger partial charge in [0.2, 0.25) is 0 Å². The molecule has 0 saturated heterocycles. The van der Waals surface area contributed by atoms with Crippen LogP contribution in [0.15, 0.2) is 60.8 Å². The first kappa shape index (κ1) is 14.7. The Bertz CT molecular complexity index is 777. The molecule has 0 aliphatic rings. The van der Waals surface area contributed by atoms with Crippen molar-refractivity contribution in [3.05, 3.63) is 71.9 Å². The van der Waals surface area contributed by atoms with Crippen LogP contribution in [0.4, 0.5) is 13.2 Å². The minimum absolute atomic E-state index is 0.148. The van der Waals surface area contributed by atoms with Crippen molar-refractivity contribution in [2.75, 3.05) is 6.54 Å². The first-order valence-electron chi connectivity index (χ1n) is 6.89. The number of nitrogens with two attached hydrogens (primary N) is 1. The Morgan fingerprint density at radius 3 is 2.18 bits per heavy atom. The zero-order valence-corrected chi connectivity index (χ0v) is 11.7. The molecule has 0 amide bonds. The highest BCUT2D eigenvalue weighted by atomic mass is 19.4. The Hall–Kier alpha value is -2.27. The van der Waals surface area contributed by atoms with Gasteiger partial charge < -0.3 is 10.7 Å². The number of hydrogen-bond acceptors (Lipinski definition) is 1. The number of aromatic amines is 1. The van der Waals surface area contributed by atoms with Crippen molar-refractivity contribution in [2.45, 2.75) is 11.6 Å². The summed E-state index contributed by atoms with van der Waals surface area (Å²) in [6, 6.07) is 14.8. The Morgan fingerprint density at radius 2 is 1.55 bits per heavy atom. The molecule has 0 spiro atoms. The number of H-pyrrole nitrogens is 1. The number of benzene rings is 2. The molecule has 1 heterocycles. The monoisotopic (exact) mass is 304 g/mol. The molecule has 2 nitrogen and oxygen atoms in total. The van der Waals surface area contributed by atoms with E-state index in [1.165, 1.54) is 18.3 Å². The molecule has 0 bridgehead atoms. The number of fused-ring (bicyclic) bond motifs is 1. The van der Waals surface area contributed by atoms with E-state index < -0.39 is 18.1 Å². The smallest absolute Gasteiger partial charge is 0.361 e. The molecule has 3 N–H and O–H groups in total. The molecular weight excluding hydrogens is 289 g/mol. The van der Waals surface area contributed by atoms with Crippen LogP contribution < -0.4 is 5.73 Å². The van der Waals surface area contributed by atoms with Crippen molar-refractivity contribution in [1.29, 1.82) is 0 Å². The predicted octanol–water partition coefficient (Wildman–Crippen LogP) is 3.98. The van der Waals surface area contributed by atoms with Gasteiger partial charge in [-0.3, -0.25) is 0 Å². The van der Waals surface area contributed by atoms with Gasteiger partial charge in [0.05, 0.1) is 0 Å². The quantitative estimate of drug-likeness (QED) is 0.755. The van der Waals surface area contributed by atoms with Gasteiger partial charge in [-0.15, -0.1) is 0 Å². The molecule has 2 aromatic carbocycles. The van der Waals surface area contributed by atoms with Crippen LogP contribution >= 0.6 is 0 Å². The van der Waals surface area contributed by atoms with Gasteiger partial charge in [-0.05, 0) is 17.2 Å². The molecule has 5 heteroatoms. The SMILES string of the molecule is NC[C@@](c1ccccc1)(c1c[nH]c2ccccc12)C(F)(F)F. The molecule has 1 aromatic heterocycles. The lowest BCUT2D eigenvalue weighted by Gasteiger charge is -2.35. The van der Waals surface area contributed by atoms with E-state index in [1.54, 1.807) is 42.5 Å². The second-order valence-corrected chi connectivity index (χ2v) is 5.22. The molecule has 0 saturated carbocycles. The van der Waals surface area contributed by atoms with Crippen LogP contribution in [0.25, 0.3) is 10.9 Å². The van der Waals surface area contributed by atoms with Crippen LogP contribution in [0, 0.1) is 0 Å². The van der Waals surface area contributed by atoms with Gasteiger partial charge in [-0.2, -0.15) is 13.2 Å². The zero-order chi connectivity index (χ0) is 15.8. The number of para-hydroxylation sites is 1. The van der Waals surface area contributed by atoms with Crippen molar-refractivity contribution in [1.82, 2.24) is 4.98 Å². The standard InChI is InChI=1S/C17H15F3N2/c18-17(19,20)16(11-21,12-6-2-1-3-7-12)14-10-22-15-9-5-4-8-13(14)15/h1-10,22H,11,21H2/t16-/m1/s1. The van der Waals surface area contributed by atoms with Gasteiger partial charge in [-0.1, -0.05) is 48.5 Å². The van der Waals surface area contributed by atoms with Crippen LogP contribution in [-0.4, -0.2) is 17.7 Å². The lowest BCUT2D eigenvalue weighted by atomic mass is 9.73. The molecular formula is C17H15F3N2. The minimum Gasteiger partial charge on any atom is -0.361 e. The van der Waals surface area contributed by atoms with Gasteiger partial charge in [0.1, 0.15) is 5.41 Å². The summed E-state index contributed by atoms with van der Waals surface area (Å²) in [7, 11) is 0. The molecule has 0 aliphatic heterocycles. The van der Waals surface area contributed by atoms with Crippen LogP contribution in [0.1, 0.15) is 11.1 Å². The number of hydrogen-bond donors (Lipinski definition) is 2. The van der Waals surface area contributed by atoms with Crippen molar-refractivity contribution in [2.24, 2.45) is 5.73 Å². The summed E-state index contributed by atoms with van der Waals surface area (Å²) in [4.78, 5) is 2.91. The van der Waals surface area contributed by atoms with Crippen molar-refractivity contribution < 1.29 is 13.2 Å². The topological polar surface area (TPSA) is 41.8 Å². The first-order chi connectivity index (χ1) is 10.5. The fourth-order valence-electron chi connectivity index (χ4n) is 2.96. The molecule has 114 valence electrons. The maximum Gasteiger partial charge on any atom is 0.403 e. The van der Waals surface area contributed by atoms with E-state index >= 15 is 0 Å². The number of nitrogens with one attached hydrogen (secondary N) is 1. The molecule has 3 aromatic rings. The van der Waals surface area contributed by atoms with Crippen molar-refractivity contribution in [3.8, 4) is 0 Å². The number of rotatable bonds is 3. The third-order valence-corrected chi connectivity index (χ3v) is 4.11. The first-order valence-corrected chi connectivity index (χ1v) is 6.89. The van der Waals surface area contributed by atoms with Crippen LogP contribution in [0.5, 0.6) is 0 Å². The number of alkyl halides is 3. The van der Waals surface area contributed by atoms with Gasteiger partial charge >= 0.3 is 6.18 Å². The predicted molar refractivity (Wildman–Crippen MR) is 80.6 cm³/mol. The maximum absolute atomic E-state index is 14.1. The summed E-state index contributed by atoms with van der Waals surface area (Å²) in [6.07, 6.45) is -3.09. The fourth-order valence-corrected chi connectivity index (χ4v) is 2.96. The van der Waals surface area contributed by atoms with E-state index in [0.29, 0.717) is 10.9 Å². The van der Waals surface area contributed by atoms with Gasteiger partial charge in [-0.25, -0.2) is 0 Å². The van der Waals surface area contributed by atoms with Crippen LogP contribution in [0.3, 0.4) is 0 Å². The lowest BCUT2D eigenvalue weighted by Crippen LogP contribution is -2.49. The maximum atomic E-state index is 14.1. The molecule has 3 rings (SSSR count). The van der Waals surface area contributed by atoms with Crippen LogP contribution in [-0.2, 0) is 5.41 Å².